The fourth-order valence-corrected chi connectivity index (χ4v) is 5.11. The summed E-state index contributed by atoms with van der Waals surface area (Å²) in [5.74, 6) is -0.623. The first kappa shape index (κ1) is 26.6. The first-order chi connectivity index (χ1) is 18.7. The second kappa shape index (κ2) is 10.6. The number of rotatable bonds is 5. The van der Waals surface area contributed by atoms with E-state index >= 15 is 0 Å². The number of halogens is 4. The summed E-state index contributed by atoms with van der Waals surface area (Å²) in [5, 5.41) is 4.24. The van der Waals surface area contributed by atoms with E-state index in [1.165, 1.54) is 11.6 Å². The van der Waals surface area contributed by atoms with E-state index in [9.17, 15) is 22.8 Å². The summed E-state index contributed by atoms with van der Waals surface area (Å²) >= 11 is 6.32. The predicted molar refractivity (Wildman–Crippen MR) is 140 cm³/mol. The largest absolute Gasteiger partial charge is 0.465 e. The smallest absolute Gasteiger partial charge is 0.434 e. The minimum Gasteiger partial charge on any atom is -0.465 e. The Morgan fingerprint density at radius 2 is 1.74 bits per heavy atom. The maximum Gasteiger partial charge on any atom is 0.434 e. The molecule has 0 amide bonds. The fraction of sp³-hybridized carbons (Fsp3) is 0.241. The Labute approximate surface area is 227 Å². The summed E-state index contributed by atoms with van der Waals surface area (Å²) in [4.78, 5) is 28.0. The van der Waals surface area contributed by atoms with E-state index in [0.717, 1.165) is 37.3 Å². The van der Waals surface area contributed by atoms with E-state index < -0.39 is 23.4 Å². The van der Waals surface area contributed by atoms with Crippen molar-refractivity contribution >= 4 is 23.4 Å². The highest BCUT2D eigenvalue weighted by Gasteiger charge is 2.41. The monoisotopic (exact) mass is 553 g/mol. The van der Waals surface area contributed by atoms with Gasteiger partial charge < -0.3 is 4.74 Å². The maximum atomic E-state index is 13.9. The molecule has 1 aliphatic carbocycles. The molecular weight excluding hydrogens is 531 g/mol. The Kier molecular flexibility index (Phi) is 7.27. The van der Waals surface area contributed by atoms with E-state index in [4.69, 9.17) is 11.6 Å². The quantitative estimate of drug-likeness (QED) is 0.243. The Hall–Kier alpha value is -3.98. The Morgan fingerprint density at radius 3 is 2.41 bits per heavy atom. The van der Waals surface area contributed by atoms with Crippen LogP contribution in [0, 0.1) is 0 Å². The van der Waals surface area contributed by atoms with E-state index in [-0.39, 0.29) is 5.82 Å². The third-order valence-corrected chi connectivity index (χ3v) is 7.12. The van der Waals surface area contributed by atoms with E-state index in [1.54, 1.807) is 24.3 Å². The number of ketones is 1. The topological polar surface area (TPSA) is 74.1 Å². The number of esters is 1. The Morgan fingerprint density at radius 1 is 1.03 bits per heavy atom. The highest BCUT2D eigenvalue weighted by Crippen LogP contribution is 2.37. The van der Waals surface area contributed by atoms with Gasteiger partial charge in [0.1, 0.15) is 11.3 Å². The van der Waals surface area contributed by atoms with Crippen LogP contribution in [-0.2, 0) is 15.7 Å². The average molecular weight is 554 g/mol. The van der Waals surface area contributed by atoms with Gasteiger partial charge in [-0.3, -0.25) is 4.79 Å². The Balaban J connectivity index is 1.54. The molecule has 1 saturated carbocycles. The number of hydrogen-bond acceptors (Lipinski definition) is 5. The van der Waals surface area contributed by atoms with Gasteiger partial charge in [0.15, 0.2) is 11.5 Å². The van der Waals surface area contributed by atoms with Crippen molar-refractivity contribution in [2.24, 2.45) is 0 Å². The SMILES string of the molecule is COC(=O)c1cnn(-c2cccc(-c3cc(Cl)ccc3-c3ccc(C4CCC(=O)CC4)cc3)n2)c1C(F)(F)F. The number of pyridine rings is 1. The van der Waals surface area contributed by atoms with Gasteiger partial charge in [-0.1, -0.05) is 48.0 Å². The molecule has 0 unspecified atom stereocenters. The molecule has 1 fully saturated rings. The van der Waals surface area contributed by atoms with Crippen molar-refractivity contribution in [3.8, 4) is 28.2 Å². The number of Topliss-reactive ketones (excluding diaryl/α,β-unsaturated/α-hetero) is 1. The molecule has 5 rings (SSSR count). The summed E-state index contributed by atoms with van der Waals surface area (Å²) < 4.78 is 46.9. The molecule has 39 heavy (non-hydrogen) atoms. The lowest BCUT2D eigenvalue weighted by atomic mass is 9.83. The Bertz CT molecular complexity index is 1540. The van der Waals surface area contributed by atoms with Crippen LogP contribution in [0.2, 0.25) is 5.02 Å². The summed E-state index contributed by atoms with van der Waals surface area (Å²) in [6, 6.07) is 18.0. The molecule has 6 nitrogen and oxygen atoms in total. The summed E-state index contributed by atoms with van der Waals surface area (Å²) in [5.41, 5.74) is 1.86. The summed E-state index contributed by atoms with van der Waals surface area (Å²) in [6.07, 6.45) is -1.19. The first-order valence-electron chi connectivity index (χ1n) is 12.3. The molecule has 10 heteroatoms. The maximum absolute atomic E-state index is 13.9. The number of alkyl halides is 3. The molecule has 2 heterocycles. The van der Waals surface area contributed by atoms with Gasteiger partial charge in [0.2, 0.25) is 0 Å². The molecule has 1 aliphatic rings. The van der Waals surface area contributed by atoms with E-state index in [0.29, 0.717) is 45.5 Å². The van der Waals surface area contributed by atoms with Gasteiger partial charge in [-0.2, -0.15) is 18.3 Å². The molecule has 0 saturated heterocycles. The number of ether oxygens (including phenoxy) is 1. The van der Waals surface area contributed by atoms with Crippen LogP contribution < -0.4 is 0 Å². The fourth-order valence-electron chi connectivity index (χ4n) is 4.93. The van der Waals surface area contributed by atoms with Crippen molar-refractivity contribution in [1.29, 1.82) is 0 Å². The van der Waals surface area contributed by atoms with E-state index in [1.807, 2.05) is 30.3 Å². The summed E-state index contributed by atoms with van der Waals surface area (Å²) in [7, 11) is 1.00. The van der Waals surface area contributed by atoms with Crippen LogP contribution in [0.1, 0.15) is 53.2 Å². The van der Waals surface area contributed by atoms with Crippen LogP contribution in [0.15, 0.2) is 66.9 Å². The van der Waals surface area contributed by atoms with Crippen LogP contribution in [0.25, 0.3) is 28.2 Å². The molecule has 0 aliphatic heterocycles. The zero-order valence-corrected chi connectivity index (χ0v) is 21.6. The molecule has 200 valence electrons. The molecule has 4 aromatic rings. The van der Waals surface area contributed by atoms with Gasteiger partial charge in [0.05, 0.1) is 19.0 Å². The molecule has 0 spiro atoms. The minimum absolute atomic E-state index is 0.122. The van der Waals surface area contributed by atoms with Crippen molar-refractivity contribution in [1.82, 2.24) is 14.8 Å². The van der Waals surface area contributed by atoms with Gasteiger partial charge >= 0.3 is 12.1 Å². The minimum atomic E-state index is -4.88. The zero-order valence-electron chi connectivity index (χ0n) is 20.8. The molecule has 2 aromatic carbocycles. The van der Waals surface area contributed by atoms with Gasteiger partial charge in [-0.15, -0.1) is 0 Å². The number of methoxy groups -OCH3 is 1. The number of hydrogen-bond donors (Lipinski definition) is 0. The second-order valence-corrected chi connectivity index (χ2v) is 9.75. The first-order valence-corrected chi connectivity index (χ1v) is 12.7. The van der Waals surface area contributed by atoms with Crippen molar-refractivity contribution < 1.29 is 27.5 Å². The molecule has 0 bridgehead atoms. The molecule has 0 radical (unpaired) electrons. The average Bonchev–Trinajstić information content (AvgIpc) is 3.40. The molecule has 0 atom stereocenters. The van der Waals surface area contributed by atoms with Gasteiger partial charge in [0.25, 0.3) is 0 Å². The number of carbonyl (C=O) groups excluding carboxylic acids is 2. The second-order valence-electron chi connectivity index (χ2n) is 9.31. The predicted octanol–water partition coefficient (Wildman–Crippen LogP) is 7.29. The van der Waals surface area contributed by atoms with Gasteiger partial charge in [-0.05, 0) is 59.7 Å². The van der Waals surface area contributed by atoms with Crippen LogP contribution in [-0.4, -0.2) is 33.6 Å². The van der Waals surface area contributed by atoms with Crippen molar-refractivity contribution in [2.45, 2.75) is 37.8 Å². The van der Waals surface area contributed by atoms with Crippen LogP contribution in [0.5, 0.6) is 0 Å². The standard InChI is InChI=1S/C29H23ClF3N3O3/c1-39-28(38)24-16-34-36(27(24)29(31,32)33)26-4-2-3-25(35-26)23-15-20(30)11-14-22(23)19-7-5-17(6-8-19)18-9-12-21(37)13-10-18/h2-8,11,14-16,18H,9-10,12-13H2,1H3. The number of nitrogens with zero attached hydrogens (tertiary/aromatic N) is 3. The molecule has 0 N–H and O–H groups in total. The number of aromatic nitrogens is 3. The van der Waals surface area contributed by atoms with Crippen molar-refractivity contribution in [3.63, 3.8) is 0 Å². The van der Waals surface area contributed by atoms with Crippen LogP contribution in [0.3, 0.4) is 0 Å². The number of benzene rings is 2. The molecule has 2 aromatic heterocycles. The number of carbonyl (C=O) groups is 2. The third-order valence-electron chi connectivity index (χ3n) is 6.89. The van der Waals surface area contributed by atoms with Gasteiger partial charge in [0, 0.05) is 23.4 Å². The normalized spacial score (nSPS) is 14.4. The lowest BCUT2D eigenvalue weighted by molar-refractivity contribution is -0.143. The lowest BCUT2D eigenvalue weighted by Crippen LogP contribution is -2.18. The van der Waals surface area contributed by atoms with Crippen molar-refractivity contribution in [3.05, 3.63) is 88.7 Å². The highest BCUT2D eigenvalue weighted by molar-refractivity contribution is 6.31. The highest BCUT2D eigenvalue weighted by atomic mass is 35.5. The van der Waals surface area contributed by atoms with Crippen molar-refractivity contribution in [2.75, 3.05) is 7.11 Å². The van der Waals surface area contributed by atoms with E-state index in [2.05, 4.69) is 14.8 Å². The lowest BCUT2D eigenvalue weighted by Gasteiger charge is -2.21. The molecular formula is C29H23ClF3N3O3. The van der Waals surface area contributed by atoms with Gasteiger partial charge in [-0.25, -0.2) is 14.5 Å². The van der Waals surface area contributed by atoms with Crippen LogP contribution >= 0.6 is 11.6 Å². The zero-order chi connectivity index (χ0) is 27.7. The summed E-state index contributed by atoms with van der Waals surface area (Å²) in [6.45, 7) is 0. The third kappa shape index (κ3) is 5.45. The van der Waals surface area contributed by atoms with Crippen LogP contribution in [0.4, 0.5) is 13.2 Å².